The lowest BCUT2D eigenvalue weighted by molar-refractivity contribution is -0.139. The van der Waals surface area contributed by atoms with Gasteiger partial charge in [0.1, 0.15) is 42.8 Å². The van der Waals surface area contributed by atoms with Gasteiger partial charge >= 0.3 is 36.2 Å². The Labute approximate surface area is 393 Å². The van der Waals surface area contributed by atoms with E-state index in [1.807, 2.05) is 26.0 Å². The summed E-state index contributed by atoms with van der Waals surface area (Å²) >= 11 is 0. The van der Waals surface area contributed by atoms with E-state index in [2.05, 4.69) is 17.9 Å². The van der Waals surface area contributed by atoms with E-state index in [9.17, 15) is 28.8 Å². The van der Waals surface area contributed by atoms with E-state index in [0.717, 1.165) is 40.8 Å². The molecular formula is C50H54O18. The van der Waals surface area contributed by atoms with Gasteiger partial charge in [-0.15, -0.1) is 0 Å². The van der Waals surface area contributed by atoms with Gasteiger partial charge in [0, 0.05) is 25.2 Å². The van der Waals surface area contributed by atoms with Crippen molar-refractivity contribution in [3.63, 3.8) is 0 Å². The van der Waals surface area contributed by atoms with Gasteiger partial charge in [-0.1, -0.05) is 39.1 Å². The Kier molecular flexibility index (Phi) is 22.9. The fourth-order valence-corrected chi connectivity index (χ4v) is 5.94. The highest BCUT2D eigenvalue weighted by molar-refractivity contribution is 5.92. The normalized spacial score (nSPS) is 11.8. The number of carbonyl (C=O) groups is 6. The van der Waals surface area contributed by atoms with Crippen molar-refractivity contribution in [1.82, 2.24) is 0 Å². The number of carbonyl (C=O) groups excluding carboxylic acids is 6. The first-order chi connectivity index (χ1) is 33.0. The Balaban J connectivity index is 0.00000115. The van der Waals surface area contributed by atoms with Gasteiger partial charge in [0.25, 0.3) is 0 Å². The molecule has 1 unspecified atom stereocenters. The molecule has 1 aliphatic carbocycles. The molecule has 0 radical (unpaired) electrons. The van der Waals surface area contributed by atoms with Crippen LogP contribution in [-0.4, -0.2) is 116 Å². The summed E-state index contributed by atoms with van der Waals surface area (Å²) in [6.07, 6.45) is 1.25. The van der Waals surface area contributed by atoms with Crippen LogP contribution in [-0.2, 0) is 47.5 Å². The van der Waals surface area contributed by atoms with Crippen molar-refractivity contribution in [1.29, 1.82) is 0 Å². The lowest BCUT2D eigenvalue weighted by atomic mass is 9.99. The summed E-state index contributed by atoms with van der Waals surface area (Å²) < 4.78 is 61.6. The Bertz CT molecular complexity index is 2300. The predicted molar refractivity (Wildman–Crippen MR) is 243 cm³/mol. The molecule has 0 amide bonds. The first kappa shape index (κ1) is 53.2. The van der Waals surface area contributed by atoms with Crippen molar-refractivity contribution in [3.8, 4) is 34.1 Å². The summed E-state index contributed by atoms with van der Waals surface area (Å²) in [5.41, 5.74) is 4.25. The summed E-state index contributed by atoms with van der Waals surface area (Å²) in [5.74, 6) is -1.15. The monoisotopic (exact) mass is 942 g/mol. The fourth-order valence-electron chi connectivity index (χ4n) is 5.94. The highest BCUT2D eigenvalue weighted by Crippen LogP contribution is 2.47. The van der Waals surface area contributed by atoms with E-state index < -0.39 is 30.2 Å². The molecule has 0 N–H and O–H groups in total. The van der Waals surface area contributed by atoms with Crippen LogP contribution in [0.2, 0.25) is 0 Å². The average Bonchev–Trinajstić information content (AvgIpc) is 3.62. The standard InChI is InChI=1S/C44H44O16.C6H10O2/c1-4-40(45)54-24-21-52-19-20-53-23-26-56-44(49)60-33-11-7-31(8-12-33)42(47)58-35-14-16-37-36-15-13-34(27-38(36)29(2)39(37)28-35)57-41(46)30-5-9-32(10-6-30)59-43(48)55-25-22-51-18-17-50-3;1-3-5-8-6(7)4-2/h4-16,27-29H,1,17-26H2,2-3H3;4H,2-3,5H2,1H3. The van der Waals surface area contributed by atoms with Crippen LogP contribution < -0.4 is 18.9 Å². The van der Waals surface area contributed by atoms with E-state index >= 15 is 0 Å². The van der Waals surface area contributed by atoms with Gasteiger partial charge in [-0.3, -0.25) is 0 Å². The number of benzene rings is 4. The zero-order valence-electron chi connectivity index (χ0n) is 38.1. The number of ether oxygens (including phenoxy) is 12. The van der Waals surface area contributed by atoms with Gasteiger partial charge in [0.15, 0.2) is 0 Å². The Hall–Kier alpha value is -7.38. The lowest BCUT2D eigenvalue weighted by Gasteiger charge is -2.11. The largest absolute Gasteiger partial charge is 0.513 e. The minimum absolute atomic E-state index is 0.0163. The molecule has 0 heterocycles. The molecule has 5 rings (SSSR count). The van der Waals surface area contributed by atoms with Crippen LogP contribution in [0.25, 0.3) is 11.1 Å². The van der Waals surface area contributed by atoms with Gasteiger partial charge in [0.2, 0.25) is 0 Å². The van der Waals surface area contributed by atoms with Gasteiger partial charge in [-0.25, -0.2) is 28.8 Å². The van der Waals surface area contributed by atoms with Crippen molar-refractivity contribution < 1.29 is 85.6 Å². The van der Waals surface area contributed by atoms with Crippen LogP contribution >= 0.6 is 0 Å². The highest BCUT2D eigenvalue weighted by Gasteiger charge is 2.27. The van der Waals surface area contributed by atoms with E-state index in [1.165, 1.54) is 48.5 Å². The Morgan fingerprint density at radius 3 is 1.24 bits per heavy atom. The minimum atomic E-state index is -0.942. The number of methoxy groups -OCH3 is 1. The zero-order chi connectivity index (χ0) is 49.1. The lowest BCUT2D eigenvalue weighted by Crippen LogP contribution is -2.16. The molecule has 1 atom stereocenters. The third-order valence-corrected chi connectivity index (χ3v) is 9.23. The molecular weight excluding hydrogens is 889 g/mol. The molecule has 4 aromatic carbocycles. The predicted octanol–water partition coefficient (Wildman–Crippen LogP) is 7.84. The van der Waals surface area contributed by atoms with Gasteiger partial charge < -0.3 is 56.8 Å². The molecule has 0 saturated heterocycles. The zero-order valence-corrected chi connectivity index (χ0v) is 38.1. The fraction of sp³-hybridized carbons (Fsp3) is 0.320. The number of esters is 4. The van der Waals surface area contributed by atoms with Crippen LogP contribution in [0.3, 0.4) is 0 Å². The summed E-state index contributed by atoms with van der Waals surface area (Å²) in [6.45, 7) is 12.9. The second-order valence-electron chi connectivity index (χ2n) is 14.0. The van der Waals surface area contributed by atoms with Crippen molar-refractivity contribution >= 4 is 36.2 Å². The Morgan fingerprint density at radius 1 is 0.471 bits per heavy atom. The van der Waals surface area contributed by atoms with Crippen LogP contribution in [0, 0.1) is 0 Å². The van der Waals surface area contributed by atoms with Crippen molar-refractivity contribution in [3.05, 3.63) is 132 Å². The third-order valence-electron chi connectivity index (χ3n) is 9.23. The summed E-state index contributed by atoms with van der Waals surface area (Å²) in [6, 6.07) is 22.4. The first-order valence-electron chi connectivity index (χ1n) is 21.4. The quantitative estimate of drug-likeness (QED) is 0.0155. The van der Waals surface area contributed by atoms with Crippen LogP contribution in [0.15, 0.2) is 110 Å². The molecule has 0 aromatic heterocycles. The molecule has 0 saturated carbocycles. The molecule has 18 heteroatoms. The number of rotatable bonds is 25. The highest BCUT2D eigenvalue weighted by atomic mass is 16.7. The van der Waals surface area contributed by atoms with Crippen LogP contribution in [0.5, 0.6) is 23.0 Å². The SMILES string of the molecule is C=CC(=O)OCCC.C=CC(=O)OCCOCCOCCOC(=O)Oc1ccc(C(=O)Oc2ccc3c(c2)C(C)c2cc(OC(=O)c4ccc(OC(=O)OCCOCCOC)cc4)ccc2-3)cc1. The molecule has 4 aromatic rings. The van der Waals surface area contributed by atoms with E-state index in [0.29, 0.717) is 31.3 Å². The topological polar surface area (TPSA) is 213 Å². The van der Waals surface area contributed by atoms with Gasteiger partial charge in [0.05, 0.1) is 64.0 Å². The maximum Gasteiger partial charge on any atom is 0.513 e. The molecule has 0 aliphatic heterocycles. The number of hydrogen-bond acceptors (Lipinski definition) is 18. The average molecular weight is 943 g/mol. The van der Waals surface area contributed by atoms with Gasteiger partial charge in [-0.2, -0.15) is 0 Å². The van der Waals surface area contributed by atoms with E-state index in [4.69, 9.17) is 52.1 Å². The first-order valence-corrected chi connectivity index (χ1v) is 21.4. The molecule has 1 aliphatic rings. The molecule has 0 fully saturated rings. The third kappa shape index (κ3) is 18.1. The smallest absolute Gasteiger partial charge is 0.463 e. The van der Waals surface area contributed by atoms with Crippen molar-refractivity contribution in [2.75, 3.05) is 79.8 Å². The molecule has 362 valence electrons. The summed E-state index contributed by atoms with van der Waals surface area (Å²) in [4.78, 5) is 71.1. The Morgan fingerprint density at radius 2 is 0.838 bits per heavy atom. The molecule has 18 nitrogen and oxygen atoms in total. The van der Waals surface area contributed by atoms with Crippen LogP contribution in [0.1, 0.15) is 58.0 Å². The van der Waals surface area contributed by atoms with Crippen LogP contribution in [0.4, 0.5) is 9.59 Å². The molecule has 0 spiro atoms. The van der Waals surface area contributed by atoms with E-state index in [1.54, 1.807) is 31.4 Å². The second kappa shape index (κ2) is 29.3. The van der Waals surface area contributed by atoms with Crippen molar-refractivity contribution in [2.24, 2.45) is 0 Å². The molecule has 0 bridgehead atoms. The summed E-state index contributed by atoms with van der Waals surface area (Å²) in [7, 11) is 1.56. The summed E-state index contributed by atoms with van der Waals surface area (Å²) in [5, 5.41) is 0. The molecule has 68 heavy (non-hydrogen) atoms. The van der Waals surface area contributed by atoms with E-state index in [-0.39, 0.29) is 87.4 Å². The number of fused-ring (bicyclic) bond motifs is 3. The number of hydrogen-bond donors (Lipinski definition) is 0. The maximum atomic E-state index is 13.0. The maximum absolute atomic E-state index is 13.0. The second-order valence-corrected chi connectivity index (χ2v) is 14.0. The van der Waals surface area contributed by atoms with Gasteiger partial charge in [-0.05, 0) is 101 Å². The van der Waals surface area contributed by atoms with Crippen molar-refractivity contribution in [2.45, 2.75) is 26.2 Å². The minimum Gasteiger partial charge on any atom is -0.463 e.